The molecule has 0 radical (unpaired) electrons. The molecule has 0 unspecified atom stereocenters. The molecular formula is C61H45F2N5O. The van der Waals surface area contributed by atoms with Gasteiger partial charge in [-0.05, 0) is 161 Å². The maximum absolute atomic E-state index is 15.8. The van der Waals surface area contributed by atoms with Gasteiger partial charge in [0.05, 0.1) is 33.9 Å². The SMILES string of the molecule is Cc1cc(CCc2cc(CCc3cnc(-c4ccccn4)c(C)c3)cc(-c3cc(F)ccc3-c3cnc(-c4ccc(F)c5c4oc4ccccc45)cc3-c3ccccc3)c2)cnc1-c1ccccn1. The van der Waals surface area contributed by atoms with Crippen molar-refractivity contribution < 1.29 is 13.2 Å². The fraction of sp³-hybridized carbons (Fsp3) is 0.0984. The normalized spacial score (nSPS) is 11.4. The van der Waals surface area contributed by atoms with Crippen LogP contribution in [0, 0.1) is 25.5 Å². The predicted octanol–water partition coefficient (Wildman–Crippen LogP) is 15.0. The molecule has 11 rings (SSSR count). The van der Waals surface area contributed by atoms with E-state index >= 15 is 8.78 Å². The van der Waals surface area contributed by atoms with Gasteiger partial charge in [0.15, 0.2) is 0 Å². The van der Waals surface area contributed by atoms with Crippen LogP contribution in [0.15, 0.2) is 193 Å². The Morgan fingerprint density at radius 1 is 0.420 bits per heavy atom. The van der Waals surface area contributed by atoms with Crippen molar-refractivity contribution in [2.45, 2.75) is 39.5 Å². The van der Waals surface area contributed by atoms with E-state index in [0.29, 0.717) is 33.2 Å². The van der Waals surface area contributed by atoms with Crippen LogP contribution in [0.4, 0.5) is 8.78 Å². The highest BCUT2D eigenvalue weighted by Gasteiger charge is 2.21. The smallest absolute Gasteiger partial charge is 0.147 e. The molecule has 6 heterocycles. The van der Waals surface area contributed by atoms with Gasteiger partial charge in [-0.3, -0.25) is 24.9 Å². The monoisotopic (exact) mass is 901 g/mol. The average molecular weight is 902 g/mol. The number of aryl methyl sites for hydroxylation is 6. The Bertz CT molecular complexity index is 3560. The van der Waals surface area contributed by atoms with Gasteiger partial charge in [0, 0.05) is 47.5 Å². The summed E-state index contributed by atoms with van der Waals surface area (Å²) in [7, 11) is 0. The Hall–Kier alpha value is -8.49. The van der Waals surface area contributed by atoms with Gasteiger partial charge < -0.3 is 4.42 Å². The summed E-state index contributed by atoms with van der Waals surface area (Å²) in [5.74, 6) is -0.694. The van der Waals surface area contributed by atoms with Gasteiger partial charge in [0.25, 0.3) is 0 Å². The van der Waals surface area contributed by atoms with Crippen molar-refractivity contribution in [1.29, 1.82) is 0 Å². The average Bonchev–Trinajstić information content (AvgIpc) is 3.79. The van der Waals surface area contributed by atoms with E-state index in [0.717, 1.165) is 115 Å². The highest BCUT2D eigenvalue weighted by Crippen LogP contribution is 2.43. The summed E-state index contributed by atoms with van der Waals surface area (Å²) < 4.78 is 37.6. The minimum atomic E-state index is -0.355. The minimum Gasteiger partial charge on any atom is -0.455 e. The molecular weight excluding hydrogens is 857 g/mol. The van der Waals surface area contributed by atoms with Crippen LogP contribution in [-0.4, -0.2) is 24.9 Å². The molecule has 0 fully saturated rings. The molecule has 0 spiro atoms. The van der Waals surface area contributed by atoms with E-state index in [4.69, 9.17) is 19.4 Å². The van der Waals surface area contributed by atoms with Gasteiger partial charge in [0.2, 0.25) is 0 Å². The van der Waals surface area contributed by atoms with Crippen molar-refractivity contribution in [3.8, 4) is 67.4 Å². The summed E-state index contributed by atoms with van der Waals surface area (Å²) in [5.41, 5.74) is 17.6. The molecule has 0 atom stereocenters. The maximum atomic E-state index is 15.8. The fourth-order valence-corrected chi connectivity index (χ4v) is 9.52. The Morgan fingerprint density at radius 3 is 1.65 bits per heavy atom. The second-order valence-electron chi connectivity index (χ2n) is 17.6. The Morgan fingerprint density at radius 2 is 1.01 bits per heavy atom. The molecule has 5 aromatic carbocycles. The summed E-state index contributed by atoms with van der Waals surface area (Å²) >= 11 is 0. The third-order valence-electron chi connectivity index (χ3n) is 12.9. The first kappa shape index (κ1) is 43.1. The Labute approximate surface area is 399 Å². The number of nitrogens with zero attached hydrogens (tertiary/aromatic N) is 5. The summed E-state index contributed by atoms with van der Waals surface area (Å²) in [6.45, 7) is 4.16. The van der Waals surface area contributed by atoms with E-state index in [1.54, 1.807) is 24.5 Å². The number of furan rings is 1. The Balaban J connectivity index is 0.995. The van der Waals surface area contributed by atoms with Crippen LogP contribution in [0.2, 0.25) is 0 Å². The van der Waals surface area contributed by atoms with Gasteiger partial charge in [-0.15, -0.1) is 0 Å². The van der Waals surface area contributed by atoms with Gasteiger partial charge in [-0.1, -0.05) is 97.1 Å². The van der Waals surface area contributed by atoms with E-state index < -0.39 is 0 Å². The number of halogens is 2. The largest absolute Gasteiger partial charge is 0.455 e. The van der Waals surface area contributed by atoms with E-state index in [-0.39, 0.29) is 11.6 Å². The Kier molecular flexibility index (Phi) is 11.7. The number of hydrogen-bond donors (Lipinski definition) is 0. The molecule has 0 aliphatic rings. The quantitative estimate of drug-likeness (QED) is 0.122. The maximum Gasteiger partial charge on any atom is 0.147 e. The number of aromatic nitrogens is 5. The van der Waals surface area contributed by atoms with Crippen molar-refractivity contribution in [3.63, 3.8) is 0 Å². The lowest BCUT2D eigenvalue weighted by Gasteiger charge is -2.18. The van der Waals surface area contributed by atoms with E-state index in [9.17, 15) is 0 Å². The number of fused-ring (bicyclic) bond motifs is 3. The van der Waals surface area contributed by atoms with Crippen LogP contribution in [-0.2, 0) is 25.7 Å². The van der Waals surface area contributed by atoms with E-state index in [1.165, 1.54) is 12.1 Å². The number of benzene rings is 5. The zero-order chi connectivity index (χ0) is 46.8. The summed E-state index contributed by atoms with van der Waals surface area (Å²) in [6, 6.07) is 50.6. The standard InChI is InChI=1S/C61H45F2N5O/c1-38-28-42(35-67-59(38)54-15-8-10-26-64-54)20-18-40-30-41(19-21-43-29-39(2)60(68-36-43)55-16-9-11-27-65-55)32-45(31-40)50-33-46(62)22-23-47(50)52-37-66-56(34-51(52)44-12-4-3-5-13-44)48-24-25-53(63)58-49-14-6-7-17-57(49)69-61(48)58/h3-17,22-37H,18-21H2,1-2H3. The van der Waals surface area contributed by atoms with Crippen molar-refractivity contribution in [2.75, 3.05) is 0 Å². The van der Waals surface area contributed by atoms with Crippen LogP contribution >= 0.6 is 0 Å². The molecule has 0 aliphatic heterocycles. The van der Waals surface area contributed by atoms with Gasteiger partial charge in [-0.25, -0.2) is 8.78 Å². The zero-order valence-corrected chi connectivity index (χ0v) is 38.1. The molecule has 0 saturated heterocycles. The topological polar surface area (TPSA) is 77.6 Å². The first-order chi connectivity index (χ1) is 33.8. The van der Waals surface area contributed by atoms with Crippen molar-refractivity contribution >= 4 is 21.9 Å². The number of rotatable bonds is 12. The first-order valence-corrected chi connectivity index (χ1v) is 23.2. The molecule has 0 amide bonds. The molecule has 0 N–H and O–H groups in total. The number of pyridine rings is 5. The van der Waals surface area contributed by atoms with Crippen LogP contribution < -0.4 is 0 Å². The summed E-state index contributed by atoms with van der Waals surface area (Å²) in [4.78, 5) is 23.8. The molecule has 11 aromatic rings. The second kappa shape index (κ2) is 18.7. The highest BCUT2D eigenvalue weighted by atomic mass is 19.1. The molecule has 8 heteroatoms. The highest BCUT2D eigenvalue weighted by molar-refractivity contribution is 6.10. The van der Waals surface area contributed by atoms with Crippen molar-refractivity contribution in [2.24, 2.45) is 0 Å². The second-order valence-corrected chi connectivity index (χ2v) is 17.6. The summed E-state index contributed by atoms with van der Waals surface area (Å²) in [6.07, 6.45) is 12.3. The zero-order valence-electron chi connectivity index (χ0n) is 38.1. The number of hydrogen-bond acceptors (Lipinski definition) is 6. The minimum absolute atomic E-state index is 0.339. The predicted molar refractivity (Wildman–Crippen MR) is 272 cm³/mol. The van der Waals surface area contributed by atoms with Gasteiger partial charge in [-0.2, -0.15) is 0 Å². The molecule has 6 nitrogen and oxygen atoms in total. The molecule has 69 heavy (non-hydrogen) atoms. The lowest BCUT2D eigenvalue weighted by atomic mass is 9.87. The first-order valence-electron chi connectivity index (χ1n) is 23.2. The van der Waals surface area contributed by atoms with Crippen molar-refractivity contribution in [1.82, 2.24) is 24.9 Å². The van der Waals surface area contributed by atoms with Gasteiger partial charge >= 0.3 is 0 Å². The van der Waals surface area contributed by atoms with Crippen LogP contribution in [0.3, 0.4) is 0 Å². The molecule has 6 aromatic heterocycles. The van der Waals surface area contributed by atoms with Crippen LogP contribution in [0.5, 0.6) is 0 Å². The van der Waals surface area contributed by atoms with Gasteiger partial charge in [0.1, 0.15) is 22.8 Å². The van der Waals surface area contributed by atoms with Crippen LogP contribution in [0.1, 0.15) is 33.4 Å². The van der Waals surface area contributed by atoms with E-state index in [1.807, 2.05) is 110 Å². The third-order valence-corrected chi connectivity index (χ3v) is 12.9. The molecule has 0 saturated carbocycles. The summed E-state index contributed by atoms with van der Waals surface area (Å²) in [5, 5.41) is 1.13. The molecule has 0 bridgehead atoms. The van der Waals surface area contributed by atoms with E-state index in [2.05, 4.69) is 66.3 Å². The number of para-hydroxylation sites is 1. The molecule has 334 valence electrons. The third kappa shape index (κ3) is 8.81. The fourth-order valence-electron chi connectivity index (χ4n) is 9.52. The van der Waals surface area contributed by atoms with Crippen LogP contribution in [0.25, 0.3) is 89.4 Å². The molecule has 0 aliphatic carbocycles. The van der Waals surface area contributed by atoms with Crippen molar-refractivity contribution in [3.05, 3.63) is 234 Å². The lowest BCUT2D eigenvalue weighted by Crippen LogP contribution is -2.00. The lowest BCUT2D eigenvalue weighted by molar-refractivity contribution is 0.628.